The zero-order valence-electron chi connectivity index (χ0n) is 23.9. The molecule has 1 aliphatic rings. The van der Waals surface area contributed by atoms with Gasteiger partial charge in [0.05, 0.1) is 11.7 Å². The maximum Gasteiger partial charge on any atom is 0.335 e. The summed E-state index contributed by atoms with van der Waals surface area (Å²) < 4.78 is 9.00. The van der Waals surface area contributed by atoms with E-state index in [2.05, 4.69) is 21.4 Å². The molecule has 1 atom stereocenters. The minimum atomic E-state index is -0.523. The van der Waals surface area contributed by atoms with Crippen LogP contribution in [0.1, 0.15) is 39.7 Å². The molecular formula is C31H34N8O3. The topological polar surface area (TPSA) is 144 Å². The quantitative estimate of drug-likeness (QED) is 0.241. The van der Waals surface area contributed by atoms with Crippen LogP contribution in [0.15, 0.2) is 77.4 Å². The van der Waals surface area contributed by atoms with Crippen LogP contribution in [0.2, 0.25) is 0 Å². The van der Waals surface area contributed by atoms with Gasteiger partial charge >= 0.3 is 5.69 Å². The van der Waals surface area contributed by atoms with Gasteiger partial charge in [-0.15, -0.1) is 0 Å². The van der Waals surface area contributed by atoms with E-state index in [1.807, 2.05) is 51.1 Å². The smallest absolute Gasteiger partial charge is 0.335 e. The number of rotatable bonds is 8. The molecule has 216 valence electrons. The van der Waals surface area contributed by atoms with Crippen LogP contribution in [-0.4, -0.2) is 55.1 Å². The van der Waals surface area contributed by atoms with E-state index >= 15 is 0 Å². The Balaban J connectivity index is 1.48. The first-order valence-electron chi connectivity index (χ1n) is 14.0. The Morgan fingerprint density at radius 2 is 1.88 bits per heavy atom. The van der Waals surface area contributed by atoms with Gasteiger partial charge in [0.2, 0.25) is 0 Å². The van der Waals surface area contributed by atoms with Gasteiger partial charge in [0.15, 0.2) is 11.5 Å². The van der Waals surface area contributed by atoms with Crippen LogP contribution in [0.4, 0.5) is 5.82 Å². The van der Waals surface area contributed by atoms with Crippen LogP contribution < -0.4 is 21.5 Å². The highest BCUT2D eigenvalue weighted by molar-refractivity contribution is 5.97. The van der Waals surface area contributed by atoms with E-state index in [9.17, 15) is 14.9 Å². The molecule has 2 aromatic heterocycles. The lowest BCUT2D eigenvalue weighted by atomic mass is 9.99. The van der Waals surface area contributed by atoms with Gasteiger partial charge in [-0.2, -0.15) is 5.26 Å². The lowest BCUT2D eigenvalue weighted by Crippen LogP contribution is -2.44. The van der Waals surface area contributed by atoms with Crippen molar-refractivity contribution in [1.29, 1.82) is 5.26 Å². The number of likely N-dealkylation sites (tertiary alicyclic amines) is 1. The molecular weight excluding hydrogens is 532 g/mol. The SMILES string of the molecule is CCNC(C)(C)C=C(C#N)C(=O)N1CCC[C@H](n2c(=O)n(-c3ccc(Oc4ccccc4)cc3)c3c(N)ncnc32)C1. The van der Waals surface area contributed by atoms with Crippen molar-refractivity contribution in [2.24, 2.45) is 0 Å². The lowest BCUT2D eigenvalue weighted by molar-refractivity contribution is -0.128. The Morgan fingerprint density at radius 3 is 2.57 bits per heavy atom. The number of piperidine rings is 1. The monoisotopic (exact) mass is 566 g/mol. The van der Waals surface area contributed by atoms with Crippen LogP contribution >= 0.6 is 0 Å². The number of amides is 1. The predicted molar refractivity (Wildman–Crippen MR) is 160 cm³/mol. The Morgan fingerprint density at radius 1 is 1.17 bits per heavy atom. The summed E-state index contributed by atoms with van der Waals surface area (Å²) in [5.74, 6) is 1.14. The molecule has 3 N–H and O–H groups in total. The van der Waals surface area contributed by atoms with Gasteiger partial charge in [-0.25, -0.2) is 14.8 Å². The summed E-state index contributed by atoms with van der Waals surface area (Å²) in [7, 11) is 0. The van der Waals surface area contributed by atoms with Gasteiger partial charge in [-0.3, -0.25) is 13.9 Å². The second-order valence-corrected chi connectivity index (χ2v) is 10.8. The number of nitrogens with two attached hydrogens (primary N) is 1. The number of fused-ring (bicyclic) bond motifs is 1. The molecule has 0 radical (unpaired) electrons. The van der Waals surface area contributed by atoms with Gasteiger partial charge in [0.25, 0.3) is 5.91 Å². The molecule has 0 unspecified atom stereocenters. The van der Waals surface area contributed by atoms with Crippen molar-refractivity contribution in [2.45, 2.75) is 45.2 Å². The third-order valence-corrected chi connectivity index (χ3v) is 7.29. The Bertz CT molecular complexity index is 1720. The molecule has 0 spiro atoms. The number of carbonyl (C=O) groups is 1. The molecule has 0 bridgehead atoms. The fourth-order valence-corrected chi connectivity index (χ4v) is 5.45. The van der Waals surface area contributed by atoms with Crippen molar-refractivity contribution >= 4 is 22.9 Å². The summed E-state index contributed by atoms with van der Waals surface area (Å²) in [6, 6.07) is 18.3. The van der Waals surface area contributed by atoms with Gasteiger partial charge in [0.1, 0.15) is 35.0 Å². The minimum Gasteiger partial charge on any atom is -0.457 e. The predicted octanol–water partition coefficient (Wildman–Crippen LogP) is 3.96. The standard InChI is InChI=1S/C31H34N8O3/c1-4-36-31(2,3)17-21(18-32)29(40)37-16-8-9-23(19-37)39-28-26(27(33)34-20-35-28)38(30(39)41)22-12-14-25(15-13-22)42-24-10-6-5-7-11-24/h5-7,10-15,17,20,23,36H,4,8-9,16,19H2,1-3H3,(H2,33,34,35)/t23-/m0/s1. The number of aromatic nitrogens is 4. The number of hydrogen-bond donors (Lipinski definition) is 2. The first kappa shape index (κ1) is 28.6. The van der Waals surface area contributed by atoms with Crippen LogP contribution in [-0.2, 0) is 4.79 Å². The van der Waals surface area contributed by atoms with Crippen LogP contribution in [0.5, 0.6) is 11.5 Å². The number of carbonyl (C=O) groups excluding carboxylic acids is 1. The summed E-state index contributed by atoms with van der Waals surface area (Å²) in [6.45, 7) is 7.24. The minimum absolute atomic E-state index is 0.0701. The number of ether oxygens (including phenoxy) is 1. The fourth-order valence-electron chi connectivity index (χ4n) is 5.45. The zero-order chi connectivity index (χ0) is 29.9. The highest BCUT2D eigenvalue weighted by Crippen LogP contribution is 2.29. The van der Waals surface area contributed by atoms with Crippen molar-refractivity contribution in [3.05, 3.63) is 83.1 Å². The number of nitrogens with zero attached hydrogens (tertiary/aromatic N) is 6. The van der Waals surface area contributed by atoms with E-state index in [1.165, 1.54) is 10.9 Å². The zero-order valence-corrected chi connectivity index (χ0v) is 23.9. The number of benzene rings is 2. The van der Waals surface area contributed by atoms with Crippen LogP contribution in [0.25, 0.3) is 16.9 Å². The fraction of sp³-hybridized carbons (Fsp3) is 0.323. The van der Waals surface area contributed by atoms with E-state index in [0.717, 1.165) is 0 Å². The molecule has 0 aliphatic carbocycles. The van der Waals surface area contributed by atoms with E-state index in [0.29, 0.717) is 54.3 Å². The molecule has 1 aliphatic heterocycles. The third kappa shape index (κ3) is 5.75. The molecule has 42 heavy (non-hydrogen) atoms. The molecule has 5 rings (SSSR count). The Hall–Kier alpha value is -4.95. The second kappa shape index (κ2) is 11.9. The highest BCUT2D eigenvalue weighted by atomic mass is 16.5. The normalized spacial score (nSPS) is 15.9. The summed E-state index contributed by atoms with van der Waals surface area (Å²) in [4.78, 5) is 37.7. The van der Waals surface area contributed by atoms with Gasteiger partial charge in [-0.1, -0.05) is 25.1 Å². The Kier molecular flexibility index (Phi) is 8.08. The number of imidazole rings is 1. The molecule has 11 heteroatoms. The average Bonchev–Trinajstić information content (AvgIpc) is 3.29. The number of nitrogen functional groups attached to an aromatic ring is 1. The molecule has 1 fully saturated rings. The van der Waals surface area contributed by atoms with E-state index < -0.39 is 5.54 Å². The maximum atomic E-state index is 14.0. The molecule has 4 aromatic rings. The number of anilines is 1. The number of hydrogen-bond acceptors (Lipinski definition) is 8. The Labute approximate surface area is 243 Å². The molecule has 0 saturated carbocycles. The number of likely N-dealkylation sites (N-methyl/N-ethyl adjacent to an activating group) is 1. The summed E-state index contributed by atoms with van der Waals surface area (Å²) in [6.07, 6.45) is 4.32. The number of nitrogens with one attached hydrogen (secondary N) is 1. The van der Waals surface area contributed by atoms with Crippen molar-refractivity contribution in [3.63, 3.8) is 0 Å². The first-order valence-corrected chi connectivity index (χ1v) is 14.0. The third-order valence-electron chi connectivity index (χ3n) is 7.29. The summed E-state index contributed by atoms with van der Waals surface area (Å²) in [5, 5.41) is 13.1. The maximum absolute atomic E-state index is 14.0. The van der Waals surface area contributed by atoms with Crippen molar-refractivity contribution in [3.8, 4) is 23.3 Å². The van der Waals surface area contributed by atoms with Crippen LogP contribution in [0.3, 0.4) is 0 Å². The first-order chi connectivity index (χ1) is 20.2. The molecule has 3 heterocycles. The molecule has 1 amide bonds. The average molecular weight is 567 g/mol. The molecule has 1 saturated heterocycles. The second-order valence-electron chi connectivity index (χ2n) is 10.8. The van der Waals surface area contributed by atoms with E-state index in [-0.39, 0.29) is 35.6 Å². The summed E-state index contributed by atoms with van der Waals surface area (Å²) >= 11 is 0. The summed E-state index contributed by atoms with van der Waals surface area (Å²) in [5.41, 5.74) is 6.87. The number of para-hydroxylation sites is 1. The number of nitriles is 1. The van der Waals surface area contributed by atoms with E-state index in [4.69, 9.17) is 10.5 Å². The molecule has 11 nitrogen and oxygen atoms in total. The van der Waals surface area contributed by atoms with Crippen molar-refractivity contribution in [1.82, 2.24) is 29.3 Å². The largest absolute Gasteiger partial charge is 0.457 e. The highest BCUT2D eigenvalue weighted by Gasteiger charge is 2.31. The van der Waals surface area contributed by atoms with E-state index in [1.54, 1.807) is 39.8 Å². The van der Waals surface area contributed by atoms with Crippen molar-refractivity contribution in [2.75, 3.05) is 25.4 Å². The molecule has 2 aromatic carbocycles. The van der Waals surface area contributed by atoms with Crippen molar-refractivity contribution < 1.29 is 9.53 Å². The van der Waals surface area contributed by atoms with Crippen LogP contribution in [0, 0.1) is 11.3 Å². The van der Waals surface area contributed by atoms with Gasteiger partial charge in [-0.05, 0) is 75.7 Å². The lowest BCUT2D eigenvalue weighted by Gasteiger charge is -2.33. The van der Waals surface area contributed by atoms with Gasteiger partial charge in [0, 0.05) is 18.6 Å². The van der Waals surface area contributed by atoms with Gasteiger partial charge < -0.3 is 20.7 Å².